The molecule has 0 amide bonds. The molecule has 0 saturated carbocycles. The number of unbranched alkanes of at least 4 members (excludes halogenated alkanes) is 1. The summed E-state index contributed by atoms with van der Waals surface area (Å²) in [4.78, 5) is 0. The average Bonchev–Trinajstić information content (AvgIpc) is 3.12. The van der Waals surface area contributed by atoms with E-state index in [4.69, 9.17) is 9.29 Å². The van der Waals surface area contributed by atoms with Crippen molar-refractivity contribution >= 4 is 10.1 Å². The van der Waals surface area contributed by atoms with Gasteiger partial charge in [0.25, 0.3) is 0 Å². The van der Waals surface area contributed by atoms with Crippen molar-refractivity contribution in [3.8, 4) is 50.3 Å². The predicted molar refractivity (Wildman–Crippen MR) is 181 cm³/mol. The summed E-state index contributed by atoms with van der Waals surface area (Å²) in [6.07, 6.45) is -4.93. The fourth-order valence-electron chi connectivity index (χ4n) is 5.10. The van der Waals surface area contributed by atoms with Crippen molar-refractivity contribution in [1.82, 2.24) is 0 Å². The second-order valence-corrected chi connectivity index (χ2v) is 12.8. The van der Waals surface area contributed by atoms with Crippen LogP contribution in [0.1, 0.15) is 19.8 Å². The van der Waals surface area contributed by atoms with Gasteiger partial charge in [0.05, 0.1) is 6.61 Å². The number of hydrogen-bond acceptors (Lipinski definition) is 3. The first-order chi connectivity index (χ1) is 24.3. The minimum atomic E-state index is -7.37. The number of rotatable bonds is 11. The fraction of sp³-hybridized carbons (Fsp3) is 0.211. The van der Waals surface area contributed by atoms with Gasteiger partial charge in [-0.25, -0.2) is 0 Å². The van der Waals surface area contributed by atoms with Crippen LogP contribution in [0.3, 0.4) is 0 Å². The predicted octanol–water partition coefficient (Wildman–Crippen LogP) is 11.8. The quantitative estimate of drug-likeness (QED) is 0.0828. The lowest BCUT2D eigenvalue weighted by Gasteiger charge is -2.31. The zero-order chi connectivity index (χ0) is 38.4. The van der Waals surface area contributed by atoms with Crippen molar-refractivity contribution in [3.63, 3.8) is 0 Å². The third-order valence-corrected chi connectivity index (χ3v) is 8.69. The second-order valence-electron chi connectivity index (χ2n) is 11.4. The van der Waals surface area contributed by atoms with Crippen molar-refractivity contribution in [2.24, 2.45) is 0 Å². The molecular weight excluding hydrogens is 723 g/mol. The highest BCUT2D eigenvalue weighted by atomic mass is 32.2. The van der Waals surface area contributed by atoms with Gasteiger partial charge in [0.1, 0.15) is 5.75 Å². The lowest BCUT2D eigenvalue weighted by atomic mass is 9.83. The third kappa shape index (κ3) is 8.28. The molecule has 0 aliphatic rings. The molecule has 0 heterocycles. The molecule has 14 heteroatoms. The number of hydrogen-bond donors (Lipinski definition) is 1. The smallest absolute Gasteiger partial charge is 0.460 e. The van der Waals surface area contributed by atoms with Crippen LogP contribution in [0.2, 0.25) is 0 Å². The molecule has 0 unspecified atom stereocenters. The molecule has 52 heavy (non-hydrogen) atoms. The number of ether oxygens (including phenoxy) is 1. The van der Waals surface area contributed by atoms with E-state index >= 15 is 0 Å². The van der Waals surface area contributed by atoms with Gasteiger partial charge in [-0.05, 0) is 63.1 Å². The number of benzene rings is 5. The van der Waals surface area contributed by atoms with Gasteiger partial charge < -0.3 is 4.74 Å². The molecule has 0 radical (unpaired) electrons. The van der Waals surface area contributed by atoms with Gasteiger partial charge in [-0.15, -0.1) is 0 Å². The first-order valence-electron chi connectivity index (χ1n) is 15.6. The van der Waals surface area contributed by atoms with E-state index in [-0.39, 0.29) is 0 Å². The highest BCUT2D eigenvalue weighted by Gasteiger charge is 2.85. The Bertz CT molecular complexity index is 2020. The maximum atomic E-state index is 12.2. The van der Waals surface area contributed by atoms with Gasteiger partial charge in [-0.3, -0.25) is 4.55 Å². The highest BCUT2D eigenvalue weighted by molar-refractivity contribution is 7.87. The van der Waals surface area contributed by atoms with Crippen LogP contribution in [0, 0.1) is 0 Å². The summed E-state index contributed by atoms with van der Waals surface area (Å²) in [6, 6.07) is 45.2. The van der Waals surface area contributed by atoms with Gasteiger partial charge in [0, 0.05) is 0 Å². The van der Waals surface area contributed by atoms with Crippen LogP contribution in [0.25, 0.3) is 44.5 Å². The van der Waals surface area contributed by atoms with E-state index in [9.17, 15) is 47.9 Å². The summed E-state index contributed by atoms with van der Waals surface area (Å²) in [5.74, 6) is -13.8. The summed E-state index contributed by atoms with van der Waals surface area (Å²) in [5, 5.41) is -7.00. The Kier molecular flexibility index (Phi) is 12.2. The monoisotopic (exact) mass is 754 g/mol. The molecule has 4 nitrogen and oxygen atoms in total. The van der Waals surface area contributed by atoms with E-state index in [2.05, 4.69) is 134 Å². The van der Waals surface area contributed by atoms with Gasteiger partial charge in [-0.1, -0.05) is 129 Å². The molecule has 0 bridgehead atoms. The standard InChI is InChI=1S/C34H30O.C4HF9O3S/c1-2-3-25-35-30-21-19-27(20-22-30)32-24-23-31(26-13-7-4-8-14-26)33(28-15-9-5-10-16-28)34(32)29-17-11-6-12-18-29;5-1(6,3(9,10)11)2(7,8)4(12,13)17(14,15)16/h4-24H,2-3,25H2,1H3;(H,14,15,16). The average molecular weight is 755 g/mol. The number of halogens is 9. The topological polar surface area (TPSA) is 63.6 Å². The van der Waals surface area contributed by atoms with Crippen LogP contribution >= 0.6 is 0 Å². The lowest BCUT2D eigenvalue weighted by Crippen LogP contribution is -2.63. The summed E-state index contributed by atoms with van der Waals surface area (Å²) in [7, 11) is -7.17. The Hall–Kier alpha value is -4.82. The first kappa shape index (κ1) is 40.0. The van der Waals surface area contributed by atoms with E-state index in [0.717, 1.165) is 25.2 Å². The molecule has 0 saturated heterocycles. The van der Waals surface area contributed by atoms with Gasteiger partial charge in [0.15, 0.2) is 0 Å². The van der Waals surface area contributed by atoms with Gasteiger partial charge in [-0.2, -0.15) is 47.9 Å². The summed E-state index contributed by atoms with van der Waals surface area (Å²) in [6.45, 7) is 2.94. The maximum absolute atomic E-state index is 12.2. The molecular formula is C38H31F9O4S. The van der Waals surface area contributed by atoms with Crippen molar-refractivity contribution in [1.29, 1.82) is 0 Å². The largest absolute Gasteiger partial charge is 0.494 e. The Labute approximate surface area is 294 Å². The molecule has 5 rings (SSSR count). The molecule has 276 valence electrons. The minimum absolute atomic E-state index is 0.759. The molecule has 0 spiro atoms. The molecule has 0 aliphatic carbocycles. The Morgan fingerprint density at radius 2 is 0.923 bits per heavy atom. The van der Waals surface area contributed by atoms with Crippen LogP contribution in [0.4, 0.5) is 39.5 Å². The van der Waals surface area contributed by atoms with E-state index in [0.29, 0.717) is 0 Å². The van der Waals surface area contributed by atoms with Crippen molar-refractivity contribution in [2.75, 3.05) is 6.61 Å². The minimum Gasteiger partial charge on any atom is -0.494 e. The maximum Gasteiger partial charge on any atom is 0.460 e. The van der Waals surface area contributed by atoms with Crippen LogP contribution in [0.15, 0.2) is 127 Å². The lowest BCUT2D eigenvalue weighted by molar-refractivity contribution is -0.382. The second kappa shape index (κ2) is 15.8. The summed E-state index contributed by atoms with van der Waals surface area (Å²) >= 11 is 0. The molecule has 5 aromatic carbocycles. The molecule has 0 aliphatic heterocycles. The van der Waals surface area contributed by atoms with Crippen molar-refractivity contribution < 1.29 is 57.2 Å². The number of alkyl halides is 9. The zero-order valence-corrected chi connectivity index (χ0v) is 28.0. The van der Waals surface area contributed by atoms with Crippen molar-refractivity contribution in [3.05, 3.63) is 127 Å². The summed E-state index contributed by atoms with van der Waals surface area (Å²) < 4.78 is 140. The van der Waals surface area contributed by atoms with E-state index < -0.39 is 33.4 Å². The highest BCUT2D eigenvalue weighted by Crippen LogP contribution is 2.54. The van der Waals surface area contributed by atoms with Crippen LogP contribution in [-0.2, 0) is 10.1 Å². The Balaban J connectivity index is 0.000000303. The van der Waals surface area contributed by atoms with Crippen LogP contribution < -0.4 is 4.74 Å². The molecule has 1 N–H and O–H groups in total. The zero-order valence-electron chi connectivity index (χ0n) is 27.2. The van der Waals surface area contributed by atoms with E-state index in [1.165, 1.54) is 44.5 Å². The van der Waals surface area contributed by atoms with Gasteiger partial charge in [0.2, 0.25) is 0 Å². The summed E-state index contributed by atoms with van der Waals surface area (Å²) in [5.41, 5.74) is 9.78. The normalized spacial score (nSPS) is 12.5. The molecule has 5 aromatic rings. The van der Waals surface area contributed by atoms with E-state index in [1.54, 1.807) is 0 Å². The molecule has 0 atom stereocenters. The van der Waals surface area contributed by atoms with E-state index in [1.807, 2.05) is 0 Å². The fourth-order valence-corrected chi connectivity index (χ4v) is 5.55. The third-order valence-electron chi connectivity index (χ3n) is 7.79. The molecule has 0 aromatic heterocycles. The van der Waals surface area contributed by atoms with Crippen LogP contribution in [0.5, 0.6) is 5.75 Å². The Morgan fingerprint density at radius 1 is 0.538 bits per heavy atom. The SMILES string of the molecule is CCCCOc1ccc(-c2ccc(-c3ccccc3)c(-c3ccccc3)c2-c2ccccc2)cc1.O=S(=O)(O)C(F)(F)C(F)(F)C(F)(F)C(F)(F)F. The first-order valence-corrected chi connectivity index (χ1v) is 17.0. The van der Waals surface area contributed by atoms with Crippen molar-refractivity contribution in [2.45, 2.75) is 43.0 Å². The van der Waals surface area contributed by atoms with Gasteiger partial charge >= 0.3 is 33.4 Å². The Morgan fingerprint density at radius 3 is 1.29 bits per heavy atom. The molecule has 0 fully saturated rings. The van der Waals surface area contributed by atoms with Crippen LogP contribution in [-0.4, -0.2) is 42.9 Å².